The minimum Gasteiger partial charge on any atom is -0.467 e. The number of ether oxygens (including phenoxy) is 1. The highest BCUT2D eigenvalue weighted by Crippen LogP contribution is 2.42. The molecule has 140 valence electrons. The number of nitrogens with two attached hydrogens (primary N) is 1. The third kappa shape index (κ3) is 2.92. The summed E-state index contributed by atoms with van der Waals surface area (Å²) in [7, 11) is 0. The average Bonchev–Trinajstić information content (AvgIpc) is 3.18. The first-order chi connectivity index (χ1) is 13.5. The molecule has 28 heavy (non-hydrogen) atoms. The molecule has 1 aromatic carbocycles. The molecule has 2 aromatic heterocycles. The Morgan fingerprint density at radius 3 is 2.75 bits per heavy atom. The summed E-state index contributed by atoms with van der Waals surface area (Å²) in [5.41, 5.74) is 7.86. The molecule has 6 nitrogen and oxygen atoms in total. The van der Waals surface area contributed by atoms with Crippen LogP contribution in [0.2, 0.25) is 0 Å². The zero-order valence-electron chi connectivity index (χ0n) is 15.0. The van der Waals surface area contributed by atoms with Gasteiger partial charge in [-0.1, -0.05) is 34.1 Å². The lowest BCUT2D eigenvalue weighted by Crippen LogP contribution is -2.33. The molecule has 0 spiro atoms. The van der Waals surface area contributed by atoms with Crippen molar-refractivity contribution in [3.05, 3.63) is 97.6 Å². The van der Waals surface area contributed by atoms with E-state index >= 15 is 0 Å². The molecule has 0 radical (unpaired) electrons. The zero-order chi connectivity index (χ0) is 19.8. The maximum absolute atomic E-state index is 13.5. The predicted molar refractivity (Wildman–Crippen MR) is 107 cm³/mol. The van der Waals surface area contributed by atoms with Gasteiger partial charge in [0.05, 0.1) is 24.3 Å². The number of aryl methyl sites for hydroxylation is 1. The van der Waals surface area contributed by atoms with E-state index in [4.69, 9.17) is 14.9 Å². The SMILES string of the molecule is Cc1cc2c(c(=O)n1Cc1ccco1)C(c1ccccc1Br)C(C#N)=C(N)O2. The second-order valence-corrected chi connectivity index (χ2v) is 7.33. The summed E-state index contributed by atoms with van der Waals surface area (Å²) in [6.45, 7) is 2.11. The number of nitrogens with zero attached hydrogens (tertiary/aromatic N) is 2. The van der Waals surface area contributed by atoms with Gasteiger partial charge in [0.15, 0.2) is 0 Å². The van der Waals surface area contributed by atoms with E-state index in [0.29, 0.717) is 22.8 Å². The zero-order valence-corrected chi connectivity index (χ0v) is 16.6. The highest BCUT2D eigenvalue weighted by atomic mass is 79.9. The first kappa shape index (κ1) is 18.1. The van der Waals surface area contributed by atoms with Crippen LogP contribution in [0, 0.1) is 18.3 Å². The van der Waals surface area contributed by atoms with Gasteiger partial charge in [0.25, 0.3) is 5.56 Å². The summed E-state index contributed by atoms with van der Waals surface area (Å²) in [4.78, 5) is 13.5. The Bertz CT molecular complexity index is 1190. The van der Waals surface area contributed by atoms with Crippen LogP contribution < -0.4 is 16.0 Å². The van der Waals surface area contributed by atoms with Gasteiger partial charge in [-0.2, -0.15) is 5.26 Å². The van der Waals surface area contributed by atoms with E-state index in [1.807, 2.05) is 37.3 Å². The number of nitriles is 1. The maximum atomic E-state index is 13.5. The summed E-state index contributed by atoms with van der Waals surface area (Å²) < 4.78 is 13.5. The molecule has 1 atom stereocenters. The van der Waals surface area contributed by atoms with Crippen molar-refractivity contribution in [2.75, 3.05) is 0 Å². The fourth-order valence-corrected chi connectivity index (χ4v) is 3.98. The van der Waals surface area contributed by atoms with Gasteiger partial charge in [-0.25, -0.2) is 0 Å². The Hall–Kier alpha value is -3.24. The number of rotatable bonds is 3. The Morgan fingerprint density at radius 2 is 2.07 bits per heavy atom. The first-order valence-corrected chi connectivity index (χ1v) is 9.39. The van der Waals surface area contributed by atoms with Crippen molar-refractivity contribution in [1.29, 1.82) is 5.26 Å². The first-order valence-electron chi connectivity index (χ1n) is 8.60. The Labute approximate surface area is 169 Å². The van der Waals surface area contributed by atoms with Crippen molar-refractivity contribution in [1.82, 2.24) is 4.57 Å². The van der Waals surface area contributed by atoms with Crippen molar-refractivity contribution in [3.8, 4) is 11.8 Å². The average molecular weight is 438 g/mol. The van der Waals surface area contributed by atoms with Crippen LogP contribution >= 0.6 is 15.9 Å². The molecule has 0 fully saturated rings. The molecule has 0 bridgehead atoms. The molecule has 0 saturated carbocycles. The fraction of sp³-hybridized carbons (Fsp3) is 0.143. The van der Waals surface area contributed by atoms with Gasteiger partial charge in [0, 0.05) is 16.2 Å². The fourth-order valence-electron chi connectivity index (χ4n) is 3.46. The van der Waals surface area contributed by atoms with Gasteiger partial charge in [0.2, 0.25) is 5.88 Å². The van der Waals surface area contributed by atoms with Crippen LogP contribution in [0.5, 0.6) is 5.75 Å². The van der Waals surface area contributed by atoms with Crippen LogP contribution in [0.3, 0.4) is 0 Å². The number of benzene rings is 1. The minimum atomic E-state index is -0.625. The largest absolute Gasteiger partial charge is 0.467 e. The monoisotopic (exact) mass is 437 g/mol. The number of halogens is 1. The second-order valence-electron chi connectivity index (χ2n) is 6.48. The van der Waals surface area contributed by atoms with Gasteiger partial charge in [-0.3, -0.25) is 4.79 Å². The summed E-state index contributed by atoms with van der Waals surface area (Å²) in [5, 5.41) is 9.72. The lowest BCUT2D eigenvalue weighted by molar-refractivity contribution is 0.387. The molecule has 2 N–H and O–H groups in total. The van der Waals surface area contributed by atoms with E-state index in [0.717, 1.165) is 10.0 Å². The number of allylic oxidation sites excluding steroid dienone is 1. The molecule has 3 heterocycles. The summed E-state index contributed by atoms with van der Waals surface area (Å²) in [6.07, 6.45) is 1.57. The lowest BCUT2D eigenvalue weighted by Gasteiger charge is -2.27. The Kier molecular flexibility index (Phi) is 4.57. The van der Waals surface area contributed by atoms with E-state index in [9.17, 15) is 10.1 Å². The quantitative estimate of drug-likeness (QED) is 0.672. The van der Waals surface area contributed by atoms with Gasteiger partial charge in [-0.05, 0) is 30.7 Å². The third-order valence-corrected chi connectivity index (χ3v) is 5.52. The van der Waals surface area contributed by atoms with Crippen LogP contribution in [0.25, 0.3) is 0 Å². The molecule has 7 heteroatoms. The maximum Gasteiger partial charge on any atom is 0.259 e. The van der Waals surface area contributed by atoms with Crippen molar-refractivity contribution in [2.45, 2.75) is 19.4 Å². The Morgan fingerprint density at radius 1 is 1.29 bits per heavy atom. The number of hydrogen-bond donors (Lipinski definition) is 1. The molecule has 1 unspecified atom stereocenters. The van der Waals surface area contributed by atoms with Crippen molar-refractivity contribution in [2.24, 2.45) is 5.73 Å². The molecule has 4 rings (SSSR count). The highest BCUT2D eigenvalue weighted by molar-refractivity contribution is 9.10. The topological polar surface area (TPSA) is 94.2 Å². The van der Waals surface area contributed by atoms with E-state index in [2.05, 4.69) is 22.0 Å². The number of pyridine rings is 1. The van der Waals surface area contributed by atoms with Gasteiger partial charge >= 0.3 is 0 Å². The van der Waals surface area contributed by atoms with Crippen LogP contribution in [-0.4, -0.2) is 4.57 Å². The van der Waals surface area contributed by atoms with Crippen LogP contribution in [0.15, 0.2) is 73.9 Å². The normalized spacial score (nSPS) is 15.7. The molecule has 1 aliphatic rings. The third-order valence-electron chi connectivity index (χ3n) is 4.80. The van der Waals surface area contributed by atoms with E-state index in [-0.39, 0.29) is 23.6 Å². The lowest BCUT2D eigenvalue weighted by atomic mass is 9.84. The van der Waals surface area contributed by atoms with Crippen molar-refractivity contribution in [3.63, 3.8) is 0 Å². The van der Waals surface area contributed by atoms with E-state index in [1.54, 1.807) is 23.0 Å². The van der Waals surface area contributed by atoms with Crippen molar-refractivity contribution >= 4 is 15.9 Å². The van der Waals surface area contributed by atoms with Crippen molar-refractivity contribution < 1.29 is 9.15 Å². The van der Waals surface area contributed by atoms with Crippen LogP contribution in [-0.2, 0) is 6.54 Å². The van der Waals surface area contributed by atoms with Gasteiger partial charge in [-0.15, -0.1) is 0 Å². The van der Waals surface area contributed by atoms with Gasteiger partial charge < -0.3 is 19.5 Å². The van der Waals surface area contributed by atoms with E-state index in [1.165, 1.54) is 0 Å². The number of fused-ring (bicyclic) bond motifs is 1. The molecule has 3 aromatic rings. The predicted octanol–water partition coefficient (Wildman–Crippen LogP) is 3.78. The highest BCUT2D eigenvalue weighted by Gasteiger charge is 2.35. The van der Waals surface area contributed by atoms with Crippen LogP contribution in [0.1, 0.15) is 28.5 Å². The van der Waals surface area contributed by atoms with Gasteiger partial charge in [0.1, 0.15) is 23.2 Å². The molecule has 0 aliphatic carbocycles. The number of furan rings is 1. The van der Waals surface area contributed by atoms with Crippen LogP contribution in [0.4, 0.5) is 0 Å². The smallest absolute Gasteiger partial charge is 0.259 e. The molecular weight excluding hydrogens is 422 g/mol. The summed E-state index contributed by atoms with van der Waals surface area (Å²) >= 11 is 3.53. The summed E-state index contributed by atoms with van der Waals surface area (Å²) in [5.74, 6) is 0.420. The molecular formula is C21H16BrN3O3. The molecule has 1 aliphatic heterocycles. The summed E-state index contributed by atoms with van der Waals surface area (Å²) in [6, 6.07) is 14.9. The minimum absolute atomic E-state index is 0.0123. The second kappa shape index (κ2) is 7.06. The Balaban J connectivity index is 1.97. The molecule has 0 saturated heterocycles. The standard InChI is InChI=1S/C21H16BrN3O3/c1-12-9-17-19(21(26)25(12)11-13-5-4-8-27-13)18(15(10-23)20(24)28-17)14-6-2-3-7-16(14)22/h2-9,18H,11,24H2,1H3. The number of aromatic nitrogens is 1. The number of hydrogen-bond acceptors (Lipinski definition) is 5. The molecule has 0 amide bonds. The van der Waals surface area contributed by atoms with E-state index < -0.39 is 5.92 Å².